The minimum absolute atomic E-state index is 0.0205. The van der Waals surface area contributed by atoms with Gasteiger partial charge in [0, 0.05) is 28.4 Å². The van der Waals surface area contributed by atoms with E-state index in [4.69, 9.17) is 54.3 Å². The molecule has 0 unspecified atom stereocenters. The van der Waals surface area contributed by atoms with Gasteiger partial charge in [0.15, 0.2) is 12.6 Å². The molecule has 0 aromatic heterocycles. The number of hydrogen-bond donors (Lipinski definition) is 0. The second kappa shape index (κ2) is 31.3. The number of fused-ring (bicyclic) bond motifs is 4. The molecule has 0 atom stereocenters. The van der Waals surface area contributed by atoms with E-state index < -0.39 is 32.9 Å². The number of phosphoric acid groups is 2. The predicted octanol–water partition coefficient (Wildman–Crippen LogP) is 21.3. The SMILES string of the molecule is CCOP(=O)(OCC)Oc1cc2c(cc1C=O)C(C)(C)CCC2(C)C.CCOP(OCC)Oc1cc2c(cc1C)C(C)(C)CCC2(C)C.COP(=O)(OC)Oc1cc2c(cc1C=O)C(C)(C)CCC2(C)C.COP(OC)Oc1cc2c(cc1C)C(C)(C)CCC2(C)C. The quantitative estimate of drug-likeness (QED) is 0.0535. The molecule has 0 saturated heterocycles. The Kier molecular flexibility index (Phi) is 26.9. The molecule has 20 heteroatoms. The van der Waals surface area contributed by atoms with Crippen LogP contribution in [0.25, 0.3) is 0 Å². The second-order valence-electron chi connectivity index (χ2n) is 29.6. The molecule has 516 valence electrons. The number of hydrogen-bond acceptors (Lipinski definition) is 16. The van der Waals surface area contributed by atoms with Crippen LogP contribution in [-0.4, -0.2) is 67.4 Å². The molecule has 0 aliphatic heterocycles. The number of rotatable bonds is 22. The number of phosphoric ester groups is 2. The van der Waals surface area contributed by atoms with Crippen molar-refractivity contribution in [3.8, 4) is 23.0 Å². The van der Waals surface area contributed by atoms with Crippen molar-refractivity contribution in [1.82, 2.24) is 0 Å². The van der Waals surface area contributed by atoms with Gasteiger partial charge >= 0.3 is 32.9 Å². The van der Waals surface area contributed by atoms with E-state index in [1.165, 1.54) is 62.2 Å². The van der Waals surface area contributed by atoms with E-state index in [1.807, 2.05) is 38.1 Å². The van der Waals surface area contributed by atoms with E-state index in [-0.39, 0.29) is 68.0 Å². The number of aryl methyl sites for hydroxylation is 2. The summed E-state index contributed by atoms with van der Waals surface area (Å²) in [5.41, 5.74) is 13.9. The van der Waals surface area contributed by atoms with Crippen molar-refractivity contribution in [2.75, 3.05) is 54.9 Å². The smallest absolute Gasteiger partial charge is 0.426 e. The van der Waals surface area contributed by atoms with Gasteiger partial charge in [0.2, 0.25) is 0 Å². The zero-order valence-electron chi connectivity index (χ0n) is 60.6. The van der Waals surface area contributed by atoms with Crippen molar-refractivity contribution >= 4 is 45.4 Å². The highest BCUT2D eigenvalue weighted by Crippen LogP contribution is 2.56. The van der Waals surface area contributed by atoms with Gasteiger partial charge in [-0.15, -0.1) is 0 Å². The molecule has 4 aliphatic carbocycles. The van der Waals surface area contributed by atoms with E-state index >= 15 is 0 Å². The zero-order valence-corrected chi connectivity index (χ0v) is 64.2. The predicted molar refractivity (Wildman–Crippen MR) is 373 cm³/mol. The third-order valence-electron chi connectivity index (χ3n) is 19.1. The Balaban J connectivity index is 0.000000223. The van der Waals surface area contributed by atoms with Gasteiger partial charge in [-0.25, -0.2) is 9.13 Å². The lowest BCUT2D eigenvalue weighted by Crippen LogP contribution is -2.34. The molecule has 0 bridgehead atoms. The van der Waals surface area contributed by atoms with E-state index in [1.54, 1.807) is 28.1 Å². The lowest BCUT2D eigenvalue weighted by molar-refractivity contribution is 0.111. The van der Waals surface area contributed by atoms with Crippen molar-refractivity contribution in [2.24, 2.45) is 0 Å². The van der Waals surface area contributed by atoms with Gasteiger partial charge in [-0.3, -0.25) is 27.7 Å². The molecule has 0 fully saturated rings. The van der Waals surface area contributed by atoms with Crippen LogP contribution in [0.15, 0.2) is 48.5 Å². The van der Waals surface area contributed by atoms with E-state index in [0.29, 0.717) is 30.6 Å². The molecule has 0 N–H and O–H groups in total. The van der Waals surface area contributed by atoms with Gasteiger partial charge in [-0.05, 0) is 228 Å². The topological polar surface area (TPSA) is 179 Å². The van der Waals surface area contributed by atoms with Crippen LogP contribution in [0.5, 0.6) is 23.0 Å². The number of aldehydes is 2. The number of carbonyl (C=O) groups is 2. The van der Waals surface area contributed by atoms with E-state index in [9.17, 15) is 18.7 Å². The molecule has 0 heterocycles. The minimum Gasteiger partial charge on any atom is -0.426 e. The van der Waals surface area contributed by atoms with Crippen LogP contribution < -0.4 is 18.1 Å². The largest absolute Gasteiger partial charge is 0.530 e. The summed E-state index contributed by atoms with van der Waals surface area (Å²) in [6.07, 6.45) is 10.4. The van der Waals surface area contributed by atoms with Gasteiger partial charge in [0.25, 0.3) is 0 Å². The second-order valence-corrected chi connectivity index (χ2v) is 35.5. The summed E-state index contributed by atoms with van der Waals surface area (Å²) in [4.78, 5) is 23.1. The molecule has 4 aliphatic rings. The molecule has 0 radical (unpaired) electrons. The number of benzene rings is 4. The first-order valence-electron chi connectivity index (χ1n) is 32.5. The van der Waals surface area contributed by atoms with Crippen molar-refractivity contribution in [1.29, 1.82) is 0 Å². The maximum absolute atomic E-state index is 12.7. The Morgan fingerprint density at radius 1 is 0.370 bits per heavy atom. The Morgan fingerprint density at radius 2 is 0.620 bits per heavy atom. The molecule has 0 amide bonds. The molecular weight excluding hydrogens is 1240 g/mol. The van der Waals surface area contributed by atoms with Gasteiger partial charge in [0.05, 0.1) is 37.6 Å². The van der Waals surface area contributed by atoms with E-state index in [0.717, 1.165) is 76.8 Å². The van der Waals surface area contributed by atoms with Gasteiger partial charge < -0.3 is 36.2 Å². The Labute approximate surface area is 555 Å². The monoisotopic (exact) mass is 1360 g/mol. The van der Waals surface area contributed by atoms with E-state index in [2.05, 4.69) is 149 Å². The van der Waals surface area contributed by atoms with Crippen LogP contribution in [0.2, 0.25) is 0 Å². The molecule has 4 aromatic rings. The van der Waals surface area contributed by atoms with Crippen LogP contribution in [-0.2, 0) is 88.6 Å². The van der Waals surface area contributed by atoms with Crippen molar-refractivity contribution in [3.05, 3.63) is 115 Å². The van der Waals surface area contributed by atoms with Crippen molar-refractivity contribution in [3.63, 3.8) is 0 Å². The summed E-state index contributed by atoms with van der Waals surface area (Å²) in [7, 11) is -4.39. The average Bonchev–Trinajstić information content (AvgIpc) is 0.775. The first-order valence-corrected chi connectivity index (χ1v) is 37.6. The average molecular weight is 1360 g/mol. The standard InChI is InChI=1S/C19H29O5P.C19H31O3P.C17H25O5P.C17H27O3P/c1-7-22-25(21,23-8-2)24-17-12-16-15(11-14(17)13-20)18(3,4)9-10-19(16,5)6;1-8-20-23(21-9-2)22-17-13-16-15(12-14(17)3)18(4,5)10-11-19(16,6)7;1-16(2)7-8-17(3,4)14-10-15(12(11-18)9-13(14)16)22-23(19,20-5)21-6;1-12-10-13-14(11-15(12)20-21(18-6)19-7)17(4,5)9-8-16(13,2)3/h11-13H,7-10H2,1-6H3;12-13H,8-11H2,1-7H3;9-11H,7-8H2,1-6H3;10-11H,8-9H2,1-7H3. The molecule has 92 heavy (non-hydrogen) atoms. The van der Waals surface area contributed by atoms with Crippen molar-refractivity contribution < 1.29 is 73.0 Å². The summed E-state index contributed by atoms with van der Waals surface area (Å²) in [5.74, 6) is 2.25. The molecule has 0 saturated carbocycles. The normalized spacial score (nSPS) is 18.9. The van der Waals surface area contributed by atoms with Gasteiger partial charge in [-0.2, -0.15) is 0 Å². The minimum atomic E-state index is -3.75. The molecule has 4 aromatic carbocycles. The Morgan fingerprint density at radius 3 is 0.870 bits per heavy atom. The molecular formula is C72H112O16P4. The van der Waals surface area contributed by atoms with Crippen LogP contribution >= 0.6 is 32.9 Å². The van der Waals surface area contributed by atoms with Gasteiger partial charge in [-0.1, -0.05) is 123 Å². The summed E-state index contributed by atoms with van der Waals surface area (Å²) in [5, 5.41) is 0. The van der Waals surface area contributed by atoms with Crippen molar-refractivity contribution in [2.45, 2.75) is 247 Å². The molecule has 0 spiro atoms. The Hall–Kier alpha value is -3.58. The first kappa shape index (κ1) is 79.1. The lowest BCUT2D eigenvalue weighted by atomic mass is 9.63. The van der Waals surface area contributed by atoms with Gasteiger partial charge in [0.1, 0.15) is 23.0 Å². The summed E-state index contributed by atoms with van der Waals surface area (Å²) in [6.45, 7) is 49.1. The summed E-state index contributed by atoms with van der Waals surface area (Å²) < 4.78 is 89.7. The van der Waals surface area contributed by atoms with Crippen LogP contribution in [0, 0.1) is 13.8 Å². The zero-order chi connectivity index (χ0) is 69.4. The van der Waals surface area contributed by atoms with Crippen LogP contribution in [0.1, 0.15) is 266 Å². The van der Waals surface area contributed by atoms with Crippen LogP contribution in [0.3, 0.4) is 0 Å². The third kappa shape index (κ3) is 18.9. The summed E-state index contributed by atoms with van der Waals surface area (Å²) in [6, 6.07) is 16.4. The highest BCUT2D eigenvalue weighted by molar-refractivity contribution is 7.49. The summed E-state index contributed by atoms with van der Waals surface area (Å²) >= 11 is 0. The molecule has 8 rings (SSSR count). The highest BCUT2D eigenvalue weighted by Gasteiger charge is 2.43. The van der Waals surface area contributed by atoms with Crippen LogP contribution in [0.4, 0.5) is 0 Å². The lowest BCUT2D eigenvalue weighted by Gasteiger charge is -2.42. The maximum Gasteiger partial charge on any atom is 0.530 e. The number of carbonyl (C=O) groups excluding carboxylic acids is 2. The highest BCUT2D eigenvalue weighted by atomic mass is 31.2. The fourth-order valence-corrected chi connectivity index (χ4v) is 16.1. The first-order chi connectivity index (χ1) is 42.6. The third-order valence-corrected chi connectivity index (χ3v) is 24.2. The maximum atomic E-state index is 12.7. The fourth-order valence-electron chi connectivity index (χ4n) is 12.6. The fraction of sp³-hybridized carbons (Fsp3) is 0.639. The molecule has 16 nitrogen and oxygen atoms in total. The Bertz CT molecular complexity index is 3260.